The standard InChI is InChI=1S/C13H24N2O2/c1-2-3-8-17-9-7-15-12(16)10-13(11-14)5-4-6-13/h2H,1,3-11,14H2,(H,15,16). The number of nitrogens with one attached hydrogen (secondary N) is 1. The first kappa shape index (κ1) is 14.2. The predicted molar refractivity (Wildman–Crippen MR) is 68.6 cm³/mol. The number of carbonyl (C=O) groups excluding carboxylic acids is 1. The van der Waals surface area contributed by atoms with Crippen LogP contribution in [0.5, 0.6) is 0 Å². The van der Waals surface area contributed by atoms with Gasteiger partial charge in [-0.2, -0.15) is 0 Å². The fourth-order valence-electron chi connectivity index (χ4n) is 2.06. The zero-order chi connectivity index (χ0) is 12.6. The van der Waals surface area contributed by atoms with Crippen LogP contribution < -0.4 is 11.1 Å². The second kappa shape index (κ2) is 7.45. The van der Waals surface area contributed by atoms with Crippen molar-refractivity contribution in [3.63, 3.8) is 0 Å². The molecule has 0 saturated heterocycles. The summed E-state index contributed by atoms with van der Waals surface area (Å²) >= 11 is 0. The van der Waals surface area contributed by atoms with E-state index in [1.165, 1.54) is 6.42 Å². The average molecular weight is 240 g/mol. The second-order valence-corrected chi connectivity index (χ2v) is 4.77. The summed E-state index contributed by atoms with van der Waals surface area (Å²) in [4.78, 5) is 11.7. The van der Waals surface area contributed by atoms with Crippen LogP contribution in [-0.4, -0.2) is 32.2 Å². The van der Waals surface area contributed by atoms with Gasteiger partial charge in [-0.05, 0) is 31.2 Å². The summed E-state index contributed by atoms with van der Waals surface area (Å²) in [5.41, 5.74) is 5.80. The topological polar surface area (TPSA) is 64.3 Å². The maximum absolute atomic E-state index is 11.7. The minimum Gasteiger partial charge on any atom is -0.379 e. The molecule has 0 heterocycles. The largest absolute Gasteiger partial charge is 0.379 e. The van der Waals surface area contributed by atoms with Gasteiger partial charge in [0.2, 0.25) is 5.91 Å². The Hall–Kier alpha value is -0.870. The van der Waals surface area contributed by atoms with Crippen molar-refractivity contribution in [2.45, 2.75) is 32.1 Å². The molecule has 1 aliphatic carbocycles. The van der Waals surface area contributed by atoms with E-state index in [1.807, 2.05) is 6.08 Å². The predicted octanol–water partition coefficient (Wildman–Crippen LogP) is 1.21. The van der Waals surface area contributed by atoms with Crippen molar-refractivity contribution in [3.8, 4) is 0 Å². The van der Waals surface area contributed by atoms with E-state index in [-0.39, 0.29) is 11.3 Å². The molecule has 1 rings (SSSR count). The van der Waals surface area contributed by atoms with Gasteiger partial charge in [0, 0.05) is 13.0 Å². The number of ether oxygens (including phenoxy) is 1. The first-order valence-electron chi connectivity index (χ1n) is 6.38. The molecule has 98 valence electrons. The smallest absolute Gasteiger partial charge is 0.220 e. The van der Waals surface area contributed by atoms with Gasteiger partial charge in [-0.1, -0.05) is 12.5 Å². The van der Waals surface area contributed by atoms with E-state index >= 15 is 0 Å². The summed E-state index contributed by atoms with van der Waals surface area (Å²) in [5.74, 6) is 0.0995. The normalized spacial score (nSPS) is 17.2. The van der Waals surface area contributed by atoms with Crippen LogP contribution in [0.4, 0.5) is 0 Å². The highest BCUT2D eigenvalue weighted by Crippen LogP contribution is 2.42. The monoisotopic (exact) mass is 240 g/mol. The van der Waals surface area contributed by atoms with Crippen molar-refractivity contribution in [3.05, 3.63) is 12.7 Å². The van der Waals surface area contributed by atoms with Gasteiger partial charge in [0.15, 0.2) is 0 Å². The van der Waals surface area contributed by atoms with Crippen molar-refractivity contribution in [2.24, 2.45) is 11.1 Å². The number of nitrogens with two attached hydrogens (primary N) is 1. The molecule has 3 N–H and O–H groups in total. The quantitative estimate of drug-likeness (QED) is 0.470. The minimum absolute atomic E-state index is 0.0911. The summed E-state index contributed by atoms with van der Waals surface area (Å²) in [6.45, 7) is 6.05. The van der Waals surface area contributed by atoms with Gasteiger partial charge >= 0.3 is 0 Å². The van der Waals surface area contributed by atoms with Crippen molar-refractivity contribution in [2.75, 3.05) is 26.3 Å². The molecule has 0 aromatic rings. The van der Waals surface area contributed by atoms with Crippen LogP contribution in [0.3, 0.4) is 0 Å². The fraction of sp³-hybridized carbons (Fsp3) is 0.769. The Morgan fingerprint density at radius 1 is 1.47 bits per heavy atom. The molecule has 0 radical (unpaired) electrons. The highest BCUT2D eigenvalue weighted by Gasteiger charge is 2.37. The maximum Gasteiger partial charge on any atom is 0.220 e. The molecule has 0 bridgehead atoms. The van der Waals surface area contributed by atoms with Gasteiger partial charge < -0.3 is 15.8 Å². The van der Waals surface area contributed by atoms with Crippen molar-refractivity contribution in [1.82, 2.24) is 5.32 Å². The average Bonchev–Trinajstić information content (AvgIpc) is 2.28. The third-order valence-electron chi connectivity index (χ3n) is 3.42. The lowest BCUT2D eigenvalue weighted by atomic mass is 9.66. The van der Waals surface area contributed by atoms with E-state index in [0.717, 1.165) is 19.3 Å². The van der Waals surface area contributed by atoms with Crippen LogP contribution in [0.1, 0.15) is 32.1 Å². The summed E-state index contributed by atoms with van der Waals surface area (Å²) in [5, 5.41) is 2.87. The molecule has 1 amide bonds. The minimum atomic E-state index is 0.0911. The summed E-state index contributed by atoms with van der Waals surface area (Å²) in [7, 11) is 0. The molecular weight excluding hydrogens is 216 g/mol. The van der Waals surface area contributed by atoms with Crippen LogP contribution in [-0.2, 0) is 9.53 Å². The lowest BCUT2D eigenvalue weighted by molar-refractivity contribution is -0.124. The van der Waals surface area contributed by atoms with Crippen LogP contribution in [0, 0.1) is 5.41 Å². The van der Waals surface area contributed by atoms with Crippen LogP contribution in [0.25, 0.3) is 0 Å². The highest BCUT2D eigenvalue weighted by atomic mass is 16.5. The molecule has 0 aromatic carbocycles. The number of hydrogen-bond donors (Lipinski definition) is 2. The third kappa shape index (κ3) is 4.88. The molecule has 0 unspecified atom stereocenters. The zero-order valence-electron chi connectivity index (χ0n) is 10.5. The molecule has 0 aromatic heterocycles. The fourth-order valence-corrected chi connectivity index (χ4v) is 2.06. The molecule has 0 aliphatic heterocycles. The van der Waals surface area contributed by atoms with Crippen LogP contribution >= 0.6 is 0 Å². The van der Waals surface area contributed by atoms with E-state index in [2.05, 4.69) is 11.9 Å². The number of hydrogen-bond acceptors (Lipinski definition) is 3. The van der Waals surface area contributed by atoms with E-state index in [9.17, 15) is 4.79 Å². The SMILES string of the molecule is C=CCCOCCNC(=O)CC1(CN)CCC1. The molecule has 4 heteroatoms. The summed E-state index contributed by atoms with van der Waals surface area (Å²) < 4.78 is 5.31. The van der Waals surface area contributed by atoms with Gasteiger partial charge in [0.05, 0.1) is 13.2 Å². The lowest BCUT2D eigenvalue weighted by Gasteiger charge is -2.40. The second-order valence-electron chi connectivity index (χ2n) is 4.77. The molecule has 0 atom stereocenters. The first-order valence-corrected chi connectivity index (χ1v) is 6.38. The molecule has 1 fully saturated rings. The Bertz CT molecular complexity index is 244. The Morgan fingerprint density at radius 3 is 2.76 bits per heavy atom. The number of rotatable bonds is 9. The molecule has 17 heavy (non-hydrogen) atoms. The maximum atomic E-state index is 11.7. The van der Waals surface area contributed by atoms with Gasteiger partial charge in [0.1, 0.15) is 0 Å². The first-order chi connectivity index (χ1) is 8.22. The number of amides is 1. The zero-order valence-corrected chi connectivity index (χ0v) is 10.5. The van der Waals surface area contributed by atoms with Gasteiger partial charge in [-0.3, -0.25) is 4.79 Å². The van der Waals surface area contributed by atoms with Crippen LogP contribution in [0.15, 0.2) is 12.7 Å². The number of carbonyl (C=O) groups is 1. The van der Waals surface area contributed by atoms with Crippen molar-refractivity contribution < 1.29 is 9.53 Å². The van der Waals surface area contributed by atoms with Gasteiger partial charge in [-0.15, -0.1) is 6.58 Å². The Kier molecular flexibility index (Phi) is 6.22. The molecule has 0 spiro atoms. The summed E-state index contributed by atoms with van der Waals surface area (Å²) in [6.07, 6.45) is 6.62. The Morgan fingerprint density at radius 2 is 2.24 bits per heavy atom. The van der Waals surface area contributed by atoms with E-state index < -0.39 is 0 Å². The highest BCUT2D eigenvalue weighted by molar-refractivity contribution is 5.76. The third-order valence-corrected chi connectivity index (χ3v) is 3.42. The lowest BCUT2D eigenvalue weighted by Crippen LogP contribution is -2.42. The molecular formula is C13H24N2O2. The molecule has 4 nitrogen and oxygen atoms in total. The van der Waals surface area contributed by atoms with E-state index in [0.29, 0.717) is 32.7 Å². The van der Waals surface area contributed by atoms with Gasteiger partial charge in [-0.25, -0.2) is 0 Å². The van der Waals surface area contributed by atoms with E-state index in [4.69, 9.17) is 10.5 Å². The molecule has 1 saturated carbocycles. The molecule has 1 aliphatic rings. The van der Waals surface area contributed by atoms with E-state index in [1.54, 1.807) is 0 Å². The Labute approximate surface area is 104 Å². The van der Waals surface area contributed by atoms with Gasteiger partial charge in [0.25, 0.3) is 0 Å². The Balaban J connectivity index is 2.03. The van der Waals surface area contributed by atoms with Crippen LogP contribution in [0.2, 0.25) is 0 Å². The van der Waals surface area contributed by atoms with Crippen molar-refractivity contribution >= 4 is 5.91 Å². The van der Waals surface area contributed by atoms with Crippen molar-refractivity contribution in [1.29, 1.82) is 0 Å². The summed E-state index contributed by atoms with van der Waals surface area (Å²) in [6, 6.07) is 0.